The van der Waals surface area contributed by atoms with Crippen molar-refractivity contribution in [1.29, 1.82) is 0 Å². The second-order valence-corrected chi connectivity index (χ2v) is 6.36. The van der Waals surface area contributed by atoms with Crippen molar-refractivity contribution in [3.63, 3.8) is 0 Å². The summed E-state index contributed by atoms with van der Waals surface area (Å²) in [4.78, 5) is 5.47. The van der Waals surface area contributed by atoms with Gasteiger partial charge in [-0.15, -0.1) is 0 Å². The van der Waals surface area contributed by atoms with Crippen molar-refractivity contribution in [2.24, 2.45) is 0 Å². The van der Waals surface area contributed by atoms with Crippen LogP contribution in [-0.2, 0) is 0 Å². The second-order valence-electron chi connectivity index (χ2n) is 2.36. The van der Waals surface area contributed by atoms with Crippen LogP contribution in [-0.4, -0.2) is 25.4 Å². The van der Waals surface area contributed by atoms with Gasteiger partial charge in [0.1, 0.15) is 0 Å². The predicted octanol–water partition coefficient (Wildman–Crippen LogP) is 1.89. The molecule has 0 N–H and O–H groups in total. The van der Waals surface area contributed by atoms with Crippen LogP contribution in [0.3, 0.4) is 0 Å². The fourth-order valence-electron chi connectivity index (χ4n) is 1.04. The normalized spacial score (nSPS) is 10.7. The number of benzene rings is 1. The van der Waals surface area contributed by atoms with Gasteiger partial charge < -0.3 is 0 Å². The molecule has 2 aromatic rings. The van der Waals surface area contributed by atoms with Gasteiger partial charge in [-0.1, -0.05) is 0 Å². The molecule has 1 aromatic carbocycles. The summed E-state index contributed by atoms with van der Waals surface area (Å²) in [6.07, 6.45) is 0. The van der Waals surface area contributed by atoms with Crippen LogP contribution in [0.25, 0.3) is 8.92 Å². The second kappa shape index (κ2) is 2.82. The van der Waals surface area contributed by atoms with Gasteiger partial charge in [-0.05, 0) is 0 Å². The summed E-state index contributed by atoms with van der Waals surface area (Å²) in [7, 11) is 0. The van der Waals surface area contributed by atoms with E-state index in [1.807, 2.05) is 6.07 Å². The minimum atomic E-state index is -0.128. The van der Waals surface area contributed by atoms with Crippen molar-refractivity contribution in [2.75, 3.05) is 0 Å². The van der Waals surface area contributed by atoms with Crippen LogP contribution < -0.4 is 0 Å². The molecule has 0 fully saturated rings. The standard InChI is InChI=1S/C8H7NSTe/c1-5-9-8-6(10)3-2-4-7(8)11-5/h2-4,10H,1H3. The maximum atomic E-state index is 4.45. The zero-order valence-corrected chi connectivity index (χ0v) is 9.26. The first kappa shape index (κ1) is 7.67. The van der Waals surface area contributed by atoms with Crippen molar-refractivity contribution in [3.8, 4) is 0 Å². The zero-order chi connectivity index (χ0) is 7.84. The fraction of sp³-hybridized carbons (Fsp3) is 0.125. The molecule has 1 aromatic heterocycles. The van der Waals surface area contributed by atoms with Gasteiger partial charge in [0.2, 0.25) is 0 Å². The Morgan fingerprint density at radius 3 is 3.00 bits per heavy atom. The summed E-state index contributed by atoms with van der Waals surface area (Å²) >= 11 is 4.21. The molecule has 1 heterocycles. The predicted molar refractivity (Wildman–Crippen MR) is 50.7 cm³/mol. The third-order valence-corrected chi connectivity index (χ3v) is 4.54. The molecule has 0 aliphatic carbocycles. The summed E-state index contributed by atoms with van der Waals surface area (Å²) in [6.45, 7) is 2.11. The first-order valence-electron chi connectivity index (χ1n) is 3.32. The summed E-state index contributed by atoms with van der Waals surface area (Å²) in [5.41, 5.74) is 1.12. The van der Waals surface area contributed by atoms with E-state index >= 15 is 0 Å². The van der Waals surface area contributed by atoms with Gasteiger partial charge in [-0.25, -0.2) is 0 Å². The topological polar surface area (TPSA) is 12.9 Å². The first-order chi connectivity index (χ1) is 5.27. The zero-order valence-electron chi connectivity index (χ0n) is 6.03. The van der Waals surface area contributed by atoms with E-state index in [0.29, 0.717) is 0 Å². The van der Waals surface area contributed by atoms with Crippen LogP contribution in [0.5, 0.6) is 0 Å². The Balaban J connectivity index is 2.90. The van der Waals surface area contributed by atoms with Crippen LogP contribution >= 0.6 is 12.6 Å². The van der Waals surface area contributed by atoms with Crippen molar-refractivity contribution in [1.82, 2.24) is 4.98 Å². The number of aryl methyl sites for hydroxylation is 1. The van der Waals surface area contributed by atoms with Crippen LogP contribution in [0, 0.1) is 6.92 Å². The summed E-state index contributed by atoms with van der Waals surface area (Å²) in [5.74, 6) is 0. The molecule has 0 spiro atoms. The van der Waals surface area contributed by atoms with E-state index in [9.17, 15) is 0 Å². The molecule has 0 aliphatic heterocycles. The molecule has 0 bridgehead atoms. The number of thiol groups is 1. The van der Waals surface area contributed by atoms with E-state index in [2.05, 4.69) is 36.7 Å². The summed E-state index contributed by atoms with van der Waals surface area (Å²) in [6, 6.07) is 6.22. The maximum absolute atomic E-state index is 4.45. The Labute approximate surface area is 80.5 Å². The third-order valence-electron chi connectivity index (χ3n) is 1.50. The van der Waals surface area contributed by atoms with Crippen molar-refractivity contribution in [3.05, 3.63) is 21.9 Å². The summed E-state index contributed by atoms with van der Waals surface area (Å²) in [5, 5.41) is 0. The number of hydrogen-bond acceptors (Lipinski definition) is 2. The van der Waals surface area contributed by atoms with E-state index in [4.69, 9.17) is 0 Å². The Kier molecular flexibility index (Phi) is 1.97. The average molecular weight is 277 g/mol. The number of rotatable bonds is 0. The van der Waals surface area contributed by atoms with E-state index in [-0.39, 0.29) is 20.4 Å². The number of aromatic nitrogens is 1. The molecule has 0 radical (unpaired) electrons. The monoisotopic (exact) mass is 279 g/mol. The molecule has 3 heteroatoms. The molecule has 0 aliphatic rings. The van der Waals surface area contributed by atoms with Gasteiger partial charge in [-0.2, -0.15) is 0 Å². The van der Waals surface area contributed by atoms with Crippen molar-refractivity contribution in [2.45, 2.75) is 11.8 Å². The van der Waals surface area contributed by atoms with Crippen molar-refractivity contribution < 1.29 is 0 Å². The van der Waals surface area contributed by atoms with Gasteiger partial charge in [-0.3, -0.25) is 0 Å². The van der Waals surface area contributed by atoms with Gasteiger partial charge >= 0.3 is 80.7 Å². The SMILES string of the molecule is Cc1nc2c(S)cccc2[te]1. The molecule has 0 atom stereocenters. The minimum absolute atomic E-state index is 0.128. The molecule has 0 saturated heterocycles. The third kappa shape index (κ3) is 1.33. The number of para-hydroxylation sites is 1. The van der Waals surface area contributed by atoms with Crippen LogP contribution in [0.4, 0.5) is 0 Å². The molecule has 1 nitrogen and oxygen atoms in total. The van der Waals surface area contributed by atoms with Gasteiger partial charge in [0.25, 0.3) is 0 Å². The van der Waals surface area contributed by atoms with E-state index < -0.39 is 0 Å². The first-order valence-corrected chi connectivity index (χ1v) is 6.10. The van der Waals surface area contributed by atoms with Crippen LogP contribution in [0.15, 0.2) is 23.1 Å². The number of fused-ring (bicyclic) bond motifs is 1. The molecule has 2 rings (SSSR count). The van der Waals surface area contributed by atoms with Gasteiger partial charge in [0.15, 0.2) is 0 Å². The Morgan fingerprint density at radius 2 is 2.27 bits per heavy atom. The van der Waals surface area contributed by atoms with Crippen LogP contribution in [0.1, 0.15) is 3.71 Å². The molecule has 11 heavy (non-hydrogen) atoms. The van der Waals surface area contributed by atoms with E-state index in [1.54, 1.807) is 0 Å². The van der Waals surface area contributed by atoms with Gasteiger partial charge in [0, 0.05) is 0 Å². The van der Waals surface area contributed by atoms with Gasteiger partial charge in [0.05, 0.1) is 0 Å². The molecular weight excluding hydrogens is 270 g/mol. The quantitative estimate of drug-likeness (QED) is 0.573. The molecule has 0 saturated carbocycles. The van der Waals surface area contributed by atoms with Crippen LogP contribution in [0.2, 0.25) is 0 Å². The molecule has 56 valence electrons. The Hall–Kier alpha value is 0.0296. The average Bonchev–Trinajstić information content (AvgIpc) is 2.31. The molecule has 0 amide bonds. The van der Waals surface area contributed by atoms with E-state index in [0.717, 1.165) is 10.4 Å². The number of nitrogens with zero attached hydrogens (tertiary/aromatic N) is 1. The van der Waals surface area contributed by atoms with E-state index in [1.165, 1.54) is 7.11 Å². The molecular formula is C8H7NSTe. The van der Waals surface area contributed by atoms with Crippen molar-refractivity contribution >= 4 is 42.0 Å². The Morgan fingerprint density at radius 1 is 1.45 bits per heavy atom. The number of hydrogen-bond donors (Lipinski definition) is 1. The summed E-state index contributed by atoms with van der Waals surface area (Å²) < 4.78 is 2.74. The Bertz CT molecular complexity index is 394. The molecule has 0 unspecified atom stereocenters. The fourth-order valence-corrected chi connectivity index (χ4v) is 3.97.